The van der Waals surface area contributed by atoms with Crippen molar-refractivity contribution >= 4 is 46.9 Å². The second-order valence-electron chi connectivity index (χ2n) is 10.4. The van der Waals surface area contributed by atoms with Crippen LogP contribution in [0.5, 0.6) is 0 Å². The average molecular weight is 626 g/mol. The summed E-state index contributed by atoms with van der Waals surface area (Å²) < 4.78 is 0. The number of hydrogen-bond donors (Lipinski definition) is 7. The van der Waals surface area contributed by atoms with Crippen LogP contribution in [-0.4, -0.2) is 167 Å². The molecule has 0 aromatic heterocycles. The summed E-state index contributed by atoms with van der Waals surface area (Å²) in [5, 5.41) is 47.8. The lowest BCUT2D eigenvalue weighted by molar-refractivity contribution is -0.142. The molecule has 1 atom stereocenters. The molecule has 0 spiro atoms. The molecule has 1 aromatic carbocycles. The lowest BCUT2D eigenvalue weighted by Gasteiger charge is -2.37. The largest absolute Gasteiger partial charge is 0.480 e. The van der Waals surface area contributed by atoms with Gasteiger partial charge >= 0.3 is 23.9 Å². The molecule has 0 aliphatic carbocycles. The first-order chi connectivity index (χ1) is 20.4. The van der Waals surface area contributed by atoms with Crippen LogP contribution >= 0.6 is 12.2 Å². The number of nitrogens with one attached hydrogen (secondary N) is 3. The van der Waals surface area contributed by atoms with E-state index in [4.69, 9.17) is 12.2 Å². The predicted octanol–water partition coefficient (Wildman–Crippen LogP) is -1.34. The normalized spacial score (nSPS) is 18.2. The van der Waals surface area contributed by atoms with Gasteiger partial charge in [0, 0.05) is 70.6 Å². The number of nitrogens with zero attached hydrogens (tertiary/aromatic N) is 4. The third-order valence-corrected chi connectivity index (χ3v) is 7.16. The predicted molar refractivity (Wildman–Crippen MR) is 164 cm³/mol. The van der Waals surface area contributed by atoms with E-state index in [-0.39, 0.29) is 72.0 Å². The van der Waals surface area contributed by atoms with E-state index in [0.29, 0.717) is 18.1 Å². The Hall–Kier alpha value is -3.41. The zero-order chi connectivity index (χ0) is 31.8. The van der Waals surface area contributed by atoms with Gasteiger partial charge in [-0.1, -0.05) is 12.1 Å². The molecule has 0 bridgehead atoms. The third-order valence-electron chi connectivity index (χ3n) is 6.91. The van der Waals surface area contributed by atoms with E-state index in [2.05, 4.69) is 16.0 Å². The Morgan fingerprint density at radius 1 is 0.744 bits per heavy atom. The molecule has 43 heavy (non-hydrogen) atoms. The minimum Gasteiger partial charge on any atom is -0.480 e. The fraction of sp³-hybridized carbons (Fsp3) is 0.593. The molecule has 1 aliphatic rings. The standard InChI is InChI=1S/C27H43N7O8S/c1-28-6-7-29-27(43)30-21-4-2-20(3-5-21)14-22-15-33(18-25(39)40)11-10-31(16-23(35)36)8-9-32(17-24(37)38)12-13-34(22)19-26(41)42/h2-5,22,28H,6-19H2,1H3,(H,35,36)(H,37,38)(H,39,40)(H,41,42)(H2,29,30,43). The highest BCUT2D eigenvalue weighted by Gasteiger charge is 2.27. The molecule has 0 radical (unpaired) electrons. The number of carboxylic acids is 4. The lowest BCUT2D eigenvalue weighted by atomic mass is 10.0. The molecule has 1 aliphatic heterocycles. The molecule has 1 saturated heterocycles. The highest BCUT2D eigenvalue weighted by atomic mass is 32.1. The number of hydrogen-bond acceptors (Lipinski definition) is 10. The molecule has 1 heterocycles. The Balaban J connectivity index is 2.32. The van der Waals surface area contributed by atoms with Gasteiger partial charge in [0.25, 0.3) is 0 Å². The van der Waals surface area contributed by atoms with E-state index in [1.54, 1.807) is 19.6 Å². The number of likely N-dealkylation sites (N-methyl/N-ethyl adjacent to an activating group) is 1. The number of aliphatic carboxylic acids is 4. The highest BCUT2D eigenvalue weighted by Crippen LogP contribution is 2.16. The molecular weight excluding hydrogens is 582 g/mol. The SMILES string of the molecule is CNCCNC(=S)Nc1ccc(CC2CN(CC(=O)O)CCN(CC(=O)O)CCN(CC(=O)O)CCN2CC(=O)O)cc1. The summed E-state index contributed by atoms with van der Waals surface area (Å²) >= 11 is 5.31. The van der Waals surface area contributed by atoms with Crippen molar-refractivity contribution in [3.05, 3.63) is 29.8 Å². The number of anilines is 1. The minimum atomic E-state index is -1.06. The first-order valence-electron chi connectivity index (χ1n) is 14.0. The number of rotatable bonds is 14. The smallest absolute Gasteiger partial charge is 0.317 e. The van der Waals surface area contributed by atoms with Crippen molar-refractivity contribution < 1.29 is 39.6 Å². The number of thiocarbonyl (C=S) groups is 1. The van der Waals surface area contributed by atoms with Crippen molar-refractivity contribution in [2.24, 2.45) is 0 Å². The van der Waals surface area contributed by atoms with E-state index < -0.39 is 29.9 Å². The zero-order valence-corrected chi connectivity index (χ0v) is 25.2. The molecule has 1 unspecified atom stereocenters. The van der Waals surface area contributed by atoms with Crippen LogP contribution in [0.1, 0.15) is 5.56 Å². The molecule has 1 fully saturated rings. The van der Waals surface area contributed by atoms with Crippen molar-refractivity contribution in [1.82, 2.24) is 30.2 Å². The van der Waals surface area contributed by atoms with Crippen molar-refractivity contribution in [2.45, 2.75) is 12.5 Å². The number of carbonyl (C=O) groups is 4. The van der Waals surface area contributed by atoms with Crippen LogP contribution in [0.4, 0.5) is 5.69 Å². The van der Waals surface area contributed by atoms with Gasteiger partial charge < -0.3 is 36.4 Å². The summed E-state index contributed by atoms with van der Waals surface area (Å²) in [5.41, 5.74) is 1.65. The Morgan fingerprint density at radius 3 is 1.74 bits per heavy atom. The zero-order valence-electron chi connectivity index (χ0n) is 24.4. The Kier molecular flexibility index (Phi) is 15.8. The molecule has 240 valence electrons. The number of carboxylic acid groups (broad SMARTS) is 4. The molecule has 0 saturated carbocycles. The minimum absolute atomic E-state index is 0.207. The van der Waals surface area contributed by atoms with Crippen LogP contribution in [0.3, 0.4) is 0 Å². The molecule has 7 N–H and O–H groups in total. The van der Waals surface area contributed by atoms with Gasteiger partial charge in [-0.25, -0.2) is 0 Å². The quantitative estimate of drug-likeness (QED) is 0.0946. The molecule has 15 nitrogen and oxygen atoms in total. The Labute approximate surface area is 256 Å². The van der Waals surface area contributed by atoms with Gasteiger partial charge in [-0.3, -0.25) is 38.8 Å². The van der Waals surface area contributed by atoms with Gasteiger partial charge in [-0.05, 0) is 43.4 Å². The molecule has 16 heteroatoms. The summed E-state index contributed by atoms with van der Waals surface area (Å²) in [5.74, 6) is -4.20. The van der Waals surface area contributed by atoms with Crippen LogP contribution in [0.2, 0.25) is 0 Å². The van der Waals surface area contributed by atoms with Crippen LogP contribution < -0.4 is 16.0 Å². The van der Waals surface area contributed by atoms with Gasteiger partial charge in [-0.15, -0.1) is 0 Å². The second kappa shape index (κ2) is 19.0. The van der Waals surface area contributed by atoms with Gasteiger partial charge in [0.1, 0.15) is 0 Å². The highest BCUT2D eigenvalue weighted by molar-refractivity contribution is 7.80. The fourth-order valence-electron chi connectivity index (χ4n) is 4.83. The summed E-state index contributed by atoms with van der Waals surface area (Å²) in [6.45, 7) is 1.89. The van der Waals surface area contributed by atoms with Crippen molar-refractivity contribution in [3.8, 4) is 0 Å². The van der Waals surface area contributed by atoms with E-state index >= 15 is 0 Å². The topological polar surface area (TPSA) is 198 Å². The van der Waals surface area contributed by atoms with Crippen LogP contribution in [0.15, 0.2) is 24.3 Å². The van der Waals surface area contributed by atoms with Crippen LogP contribution in [0.25, 0.3) is 0 Å². The maximum absolute atomic E-state index is 11.9. The monoisotopic (exact) mass is 625 g/mol. The summed E-state index contributed by atoms with van der Waals surface area (Å²) in [6.07, 6.45) is 0.395. The molecule has 0 amide bonds. The summed E-state index contributed by atoms with van der Waals surface area (Å²) in [7, 11) is 1.85. The Morgan fingerprint density at radius 2 is 1.23 bits per heavy atom. The maximum Gasteiger partial charge on any atom is 0.317 e. The molecule has 2 rings (SSSR count). The van der Waals surface area contributed by atoms with Gasteiger partial charge in [0.05, 0.1) is 26.2 Å². The van der Waals surface area contributed by atoms with E-state index in [9.17, 15) is 39.6 Å². The maximum atomic E-state index is 11.9. The summed E-state index contributed by atoms with van der Waals surface area (Å²) in [6, 6.07) is 7.05. The van der Waals surface area contributed by atoms with Crippen molar-refractivity contribution in [2.75, 3.05) is 97.4 Å². The molecule has 1 aromatic rings. The lowest BCUT2D eigenvalue weighted by Crippen LogP contribution is -2.53. The van der Waals surface area contributed by atoms with E-state index in [0.717, 1.165) is 17.8 Å². The molecular formula is C27H43N7O8S. The van der Waals surface area contributed by atoms with Gasteiger partial charge in [0.15, 0.2) is 5.11 Å². The third kappa shape index (κ3) is 15.1. The van der Waals surface area contributed by atoms with Crippen LogP contribution in [-0.2, 0) is 25.6 Å². The van der Waals surface area contributed by atoms with Crippen LogP contribution in [0, 0.1) is 0 Å². The number of benzene rings is 1. The fourth-order valence-corrected chi connectivity index (χ4v) is 5.05. The van der Waals surface area contributed by atoms with E-state index in [1.165, 1.54) is 0 Å². The first kappa shape index (κ1) is 35.8. The van der Waals surface area contributed by atoms with E-state index in [1.807, 2.05) is 31.3 Å². The van der Waals surface area contributed by atoms with Gasteiger partial charge in [-0.2, -0.15) is 0 Å². The average Bonchev–Trinajstić information content (AvgIpc) is 2.91. The summed E-state index contributed by atoms with van der Waals surface area (Å²) in [4.78, 5) is 53.4. The van der Waals surface area contributed by atoms with Crippen molar-refractivity contribution in [3.63, 3.8) is 0 Å². The Bertz CT molecular complexity index is 1080. The first-order valence-corrected chi connectivity index (χ1v) is 14.4. The van der Waals surface area contributed by atoms with Gasteiger partial charge in [0.2, 0.25) is 0 Å². The van der Waals surface area contributed by atoms with Crippen molar-refractivity contribution in [1.29, 1.82) is 0 Å². The second-order valence-corrected chi connectivity index (χ2v) is 10.8.